The first-order valence-electron chi connectivity index (χ1n) is 5.99. The van der Waals surface area contributed by atoms with Crippen LogP contribution in [-0.4, -0.2) is 61.0 Å². The number of nitrogens with zero attached hydrogens (tertiary/aromatic N) is 4. The fourth-order valence-electron chi connectivity index (χ4n) is 1.25. The number of pyridine rings is 1. The number of aromatic nitrogens is 1. The number of aliphatic imine (C=N–C) groups is 1. The molecule has 0 aromatic carbocycles. The smallest absolute Gasteiger partial charge is 0.279 e. The molecular formula is C14H18N4O2. The molecule has 0 bridgehead atoms. The second-order valence-electron chi connectivity index (χ2n) is 4.62. The van der Waals surface area contributed by atoms with E-state index in [-0.39, 0.29) is 11.3 Å². The molecule has 106 valence electrons. The van der Waals surface area contributed by atoms with Gasteiger partial charge >= 0.3 is 0 Å². The predicted molar refractivity (Wildman–Crippen MR) is 77.9 cm³/mol. The summed E-state index contributed by atoms with van der Waals surface area (Å²) < 4.78 is 0. The summed E-state index contributed by atoms with van der Waals surface area (Å²) in [5.74, 6) is -0.644. The highest BCUT2D eigenvalue weighted by atomic mass is 16.1. The van der Waals surface area contributed by atoms with Gasteiger partial charge in [0.2, 0.25) is 0 Å². The minimum absolute atomic E-state index is 0.211. The lowest BCUT2D eigenvalue weighted by molar-refractivity contribution is 0.100. The normalized spacial score (nSPS) is 11.0. The number of carbonyl (C=O) groups is 2. The SMILES string of the molecule is CN(C)C=NC(=O)c1cncc(C(=O)/C=C/N(C)C)c1. The van der Waals surface area contributed by atoms with Gasteiger partial charge in [0, 0.05) is 58.4 Å². The molecule has 1 aromatic heterocycles. The third-order valence-corrected chi connectivity index (χ3v) is 2.20. The van der Waals surface area contributed by atoms with Crippen LogP contribution in [0.25, 0.3) is 0 Å². The molecule has 20 heavy (non-hydrogen) atoms. The predicted octanol–water partition coefficient (Wildman–Crippen LogP) is 1.07. The van der Waals surface area contributed by atoms with Crippen molar-refractivity contribution in [1.82, 2.24) is 14.8 Å². The molecule has 1 rings (SSSR count). The summed E-state index contributed by atoms with van der Waals surface area (Å²) in [6, 6.07) is 1.49. The largest absolute Gasteiger partial charge is 0.383 e. The van der Waals surface area contributed by atoms with Crippen molar-refractivity contribution in [2.24, 2.45) is 4.99 Å². The van der Waals surface area contributed by atoms with E-state index in [9.17, 15) is 9.59 Å². The van der Waals surface area contributed by atoms with E-state index in [2.05, 4.69) is 9.98 Å². The molecule has 0 saturated carbocycles. The molecule has 6 heteroatoms. The molecule has 1 amide bonds. The highest BCUT2D eigenvalue weighted by Crippen LogP contribution is 2.06. The first-order valence-corrected chi connectivity index (χ1v) is 5.99. The summed E-state index contributed by atoms with van der Waals surface area (Å²) in [6.45, 7) is 0. The maximum atomic E-state index is 11.9. The Balaban J connectivity index is 2.91. The Hall–Kier alpha value is -2.50. The lowest BCUT2D eigenvalue weighted by Gasteiger charge is -2.04. The third kappa shape index (κ3) is 5.01. The van der Waals surface area contributed by atoms with E-state index in [0.29, 0.717) is 5.56 Å². The number of hydrogen-bond donors (Lipinski definition) is 0. The number of carbonyl (C=O) groups excluding carboxylic acids is 2. The molecule has 0 aliphatic carbocycles. The van der Waals surface area contributed by atoms with Crippen molar-refractivity contribution in [1.29, 1.82) is 0 Å². The zero-order valence-corrected chi connectivity index (χ0v) is 12.1. The fraction of sp³-hybridized carbons (Fsp3) is 0.286. The summed E-state index contributed by atoms with van der Waals surface area (Å²) in [4.78, 5) is 34.7. The van der Waals surface area contributed by atoms with Crippen molar-refractivity contribution in [3.05, 3.63) is 41.9 Å². The summed E-state index contributed by atoms with van der Waals surface area (Å²) >= 11 is 0. The number of rotatable bonds is 5. The van der Waals surface area contributed by atoms with Crippen LogP contribution in [0.3, 0.4) is 0 Å². The summed E-state index contributed by atoms with van der Waals surface area (Å²) in [7, 11) is 7.16. The van der Waals surface area contributed by atoms with E-state index < -0.39 is 5.91 Å². The lowest BCUT2D eigenvalue weighted by Crippen LogP contribution is -2.10. The molecule has 0 radical (unpaired) electrons. The number of ketones is 1. The first kappa shape index (κ1) is 15.6. The molecule has 0 aliphatic rings. The standard InChI is InChI=1S/C14H18N4O2/c1-17(2)6-5-13(19)11-7-12(9-15-8-11)14(20)16-10-18(3)4/h5-10H,1-4H3/b6-5+,16-10?. The van der Waals surface area contributed by atoms with Crippen LogP contribution in [0.5, 0.6) is 0 Å². The van der Waals surface area contributed by atoms with E-state index >= 15 is 0 Å². The Labute approximate surface area is 118 Å². The number of amides is 1. The zero-order valence-electron chi connectivity index (χ0n) is 12.1. The summed E-state index contributed by atoms with van der Waals surface area (Å²) in [5.41, 5.74) is 0.640. The topological polar surface area (TPSA) is 65.9 Å². The van der Waals surface area contributed by atoms with Gasteiger partial charge in [-0.2, -0.15) is 4.99 Å². The van der Waals surface area contributed by atoms with E-state index in [4.69, 9.17) is 0 Å². The van der Waals surface area contributed by atoms with Crippen LogP contribution in [0.2, 0.25) is 0 Å². The fourth-order valence-corrected chi connectivity index (χ4v) is 1.25. The quantitative estimate of drug-likeness (QED) is 0.348. The van der Waals surface area contributed by atoms with Crippen LogP contribution >= 0.6 is 0 Å². The zero-order chi connectivity index (χ0) is 15.1. The molecule has 1 heterocycles. The van der Waals surface area contributed by atoms with Gasteiger partial charge in [-0.1, -0.05) is 0 Å². The molecule has 0 aliphatic heterocycles. The maximum Gasteiger partial charge on any atom is 0.279 e. The van der Waals surface area contributed by atoms with Gasteiger partial charge in [-0.15, -0.1) is 0 Å². The van der Waals surface area contributed by atoms with Crippen molar-refractivity contribution in [3.8, 4) is 0 Å². The molecule has 0 fully saturated rings. The molecule has 0 atom stereocenters. The molecule has 0 N–H and O–H groups in total. The highest BCUT2D eigenvalue weighted by Gasteiger charge is 2.08. The van der Waals surface area contributed by atoms with Crippen LogP contribution < -0.4 is 0 Å². The monoisotopic (exact) mass is 274 g/mol. The molecule has 1 aromatic rings. The van der Waals surface area contributed by atoms with Crippen LogP contribution in [0.4, 0.5) is 0 Å². The van der Waals surface area contributed by atoms with E-state index in [1.165, 1.54) is 30.9 Å². The van der Waals surface area contributed by atoms with Crippen LogP contribution in [0.15, 0.2) is 35.7 Å². The lowest BCUT2D eigenvalue weighted by atomic mass is 10.1. The summed E-state index contributed by atoms with van der Waals surface area (Å²) in [5, 5.41) is 0. The van der Waals surface area contributed by atoms with E-state index in [1.54, 1.807) is 30.1 Å². The van der Waals surface area contributed by atoms with E-state index in [1.807, 2.05) is 14.1 Å². The van der Waals surface area contributed by atoms with Crippen LogP contribution in [-0.2, 0) is 0 Å². The Kier molecular flexibility index (Phi) is 5.58. The number of allylic oxidation sites excluding steroid dienone is 1. The molecule has 6 nitrogen and oxygen atoms in total. The Morgan fingerprint density at radius 3 is 2.35 bits per heavy atom. The van der Waals surface area contributed by atoms with Gasteiger partial charge in [0.15, 0.2) is 5.78 Å². The van der Waals surface area contributed by atoms with Gasteiger partial charge in [0.1, 0.15) is 0 Å². The van der Waals surface area contributed by atoms with Gasteiger partial charge < -0.3 is 9.80 Å². The van der Waals surface area contributed by atoms with Gasteiger partial charge in [0.05, 0.1) is 11.9 Å². The second-order valence-corrected chi connectivity index (χ2v) is 4.62. The molecule has 0 saturated heterocycles. The Morgan fingerprint density at radius 1 is 1.10 bits per heavy atom. The average Bonchev–Trinajstić information content (AvgIpc) is 2.42. The first-order chi connectivity index (χ1) is 9.40. The van der Waals surface area contributed by atoms with Crippen molar-refractivity contribution in [3.63, 3.8) is 0 Å². The molecule has 0 spiro atoms. The Morgan fingerprint density at radius 2 is 1.75 bits per heavy atom. The van der Waals surface area contributed by atoms with Crippen LogP contribution in [0.1, 0.15) is 20.7 Å². The van der Waals surface area contributed by atoms with E-state index in [0.717, 1.165) is 0 Å². The van der Waals surface area contributed by atoms with Gasteiger partial charge in [0.25, 0.3) is 5.91 Å². The Bertz CT molecular complexity index is 503. The maximum absolute atomic E-state index is 11.9. The van der Waals surface area contributed by atoms with Crippen molar-refractivity contribution < 1.29 is 9.59 Å². The van der Waals surface area contributed by atoms with Gasteiger partial charge in [-0.05, 0) is 6.07 Å². The molecular weight excluding hydrogens is 256 g/mol. The van der Waals surface area contributed by atoms with Crippen LogP contribution in [0, 0.1) is 0 Å². The number of hydrogen-bond acceptors (Lipinski definition) is 4. The second kappa shape index (κ2) is 7.18. The van der Waals surface area contributed by atoms with Crippen molar-refractivity contribution >= 4 is 18.0 Å². The highest BCUT2D eigenvalue weighted by molar-refractivity contribution is 6.06. The minimum atomic E-state index is -0.433. The summed E-state index contributed by atoms with van der Waals surface area (Å²) in [6.07, 6.45) is 7.29. The van der Waals surface area contributed by atoms with Gasteiger partial charge in [-0.25, -0.2) is 0 Å². The van der Waals surface area contributed by atoms with Crippen molar-refractivity contribution in [2.45, 2.75) is 0 Å². The minimum Gasteiger partial charge on any atom is -0.383 e. The van der Waals surface area contributed by atoms with Crippen molar-refractivity contribution in [2.75, 3.05) is 28.2 Å². The third-order valence-electron chi connectivity index (χ3n) is 2.20. The average molecular weight is 274 g/mol. The van der Waals surface area contributed by atoms with Gasteiger partial charge in [-0.3, -0.25) is 14.6 Å². The molecule has 0 unspecified atom stereocenters.